The minimum atomic E-state index is -3.90. The highest BCUT2D eigenvalue weighted by atomic mass is 32.2. The van der Waals surface area contributed by atoms with E-state index in [4.69, 9.17) is 9.47 Å². The fourth-order valence-electron chi connectivity index (χ4n) is 5.37. The third kappa shape index (κ3) is 11.0. The van der Waals surface area contributed by atoms with Gasteiger partial charge in [0.1, 0.15) is 5.75 Å². The highest BCUT2D eigenvalue weighted by molar-refractivity contribution is 7.92. The van der Waals surface area contributed by atoms with Gasteiger partial charge >= 0.3 is 0 Å². The molecule has 1 aliphatic heterocycles. The van der Waals surface area contributed by atoms with Crippen molar-refractivity contribution in [1.82, 2.24) is 14.7 Å². The van der Waals surface area contributed by atoms with Crippen molar-refractivity contribution in [3.63, 3.8) is 0 Å². The molecule has 0 fully saturated rings. The van der Waals surface area contributed by atoms with Gasteiger partial charge in [0, 0.05) is 44.8 Å². The number of fused-ring (bicyclic) bond motifs is 1. The number of carbonyl (C=O) groups is 2. The van der Waals surface area contributed by atoms with Crippen molar-refractivity contribution in [1.29, 1.82) is 0 Å². The summed E-state index contributed by atoms with van der Waals surface area (Å²) in [6.45, 7) is 7.34. The number of aliphatic hydroxyl groups is 1. The van der Waals surface area contributed by atoms with Crippen molar-refractivity contribution in [2.45, 2.75) is 76.0 Å². The van der Waals surface area contributed by atoms with Gasteiger partial charge in [-0.1, -0.05) is 25.1 Å². The quantitative estimate of drug-likeness (QED) is 0.369. The lowest BCUT2D eigenvalue weighted by Crippen LogP contribution is -2.48. The Balaban J connectivity index is 1.93. The van der Waals surface area contributed by atoms with Crippen LogP contribution in [0.2, 0.25) is 0 Å². The highest BCUT2D eigenvalue weighted by Crippen LogP contribution is 2.29. The summed E-state index contributed by atoms with van der Waals surface area (Å²) in [5.74, 6) is -0.212. The second-order valence-corrected chi connectivity index (χ2v) is 14.3. The number of carbonyl (C=O) groups excluding carboxylic acids is 2. The lowest BCUT2D eigenvalue weighted by atomic mass is 10.0. The molecule has 0 saturated carbocycles. The molecule has 0 bridgehead atoms. The molecule has 2 N–H and O–H groups in total. The molecule has 0 unspecified atom stereocenters. The van der Waals surface area contributed by atoms with Gasteiger partial charge in [-0.3, -0.25) is 14.3 Å². The largest absolute Gasteiger partial charge is 0.490 e. The molecular weight excluding hydrogens is 608 g/mol. The molecule has 0 radical (unpaired) electrons. The van der Waals surface area contributed by atoms with Gasteiger partial charge < -0.3 is 29.3 Å². The number of benzene rings is 2. The number of aliphatic hydroxyl groups excluding tert-OH is 1. The summed E-state index contributed by atoms with van der Waals surface area (Å²) >= 11 is 0. The van der Waals surface area contributed by atoms with Crippen LogP contribution in [0.5, 0.6) is 5.75 Å². The number of nitrogens with zero attached hydrogens (tertiary/aromatic N) is 3. The lowest BCUT2D eigenvalue weighted by molar-refractivity contribution is -0.132. The standard InChI is InChI=1S/C34H52N4O7S/c1-25-22-38(26(2)24-39)34(41)30-21-28(35-46(42,43)29-14-8-7-9-15-29)17-18-31(30)45-27(3)13-10-11-20-44-32(25)23-37(6)33(40)16-12-19-36(4)5/h7-9,14-15,17-18,21,25-27,32,35,39H,10-13,16,19-20,22-24H2,1-6H3/t25-,26+,27-,32-/m1/s1. The summed E-state index contributed by atoms with van der Waals surface area (Å²) < 4.78 is 41.4. The molecule has 4 atom stereocenters. The van der Waals surface area contributed by atoms with Gasteiger partial charge in [0.05, 0.1) is 35.3 Å². The molecule has 11 nitrogen and oxygen atoms in total. The lowest BCUT2D eigenvalue weighted by Gasteiger charge is -2.36. The zero-order valence-corrected chi connectivity index (χ0v) is 29.0. The Labute approximate surface area is 274 Å². The van der Waals surface area contributed by atoms with Crippen LogP contribution in [0, 0.1) is 5.92 Å². The summed E-state index contributed by atoms with van der Waals surface area (Å²) in [5.41, 5.74) is 0.406. The summed E-state index contributed by atoms with van der Waals surface area (Å²) in [4.78, 5) is 32.7. The molecular formula is C34H52N4O7S. The molecule has 1 heterocycles. The van der Waals surface area contributed by atoms with E-state index < -0.39 is 22.0 Å². The van der Waals surface area contributed by atoms with Crippen LogP contribution in [0.1, 0.15) is 63.2 Å². The van der Waals surface area contributed by atoms with Crippen LogP contribution in [0.4, 0.5) is 5.69 Å². The van der Waals surface area contributed by atoms with E-state index in [0.717, 1.165) is 32.2 Å². The monoisotopic (exact) mass is 660 g/mol. The van der Waals surface area contributed by atoms with E-state index in [0.29, 0.717) is 25.3 Å². The number of sulfonamides is 1. The number of likely N-dealkylation sites (N-methyl/N-ethyl adjacent to an activating group) is 1. The van der Waals surface area contributed by atoms with E-state index in [1.165, 1.54) is 18.2 Å². The van der Waals surface area contributed by atoms with E-state index in [-0.39, 0.29) is 53.3 Å². The van der Waals surface area contributed by atoms with E-state index in [2.05, 4.69) is 9.62 Å². The van der Waals surface area contributed by atoms with Crippen LogP contribution in [0.25, 0.3) is 0 Å². The summed E-state index contributed by atoms with van der Waals surface area (Å²) in [6, 6.07) is 12.2. The van der Waals surface area contributed by atoms with Gasteiger partial charge in [0.2, 0.25) is 5.91 Å². The first-order chi connectivity index (χ1) is 21.8. The van der Waals surface area contributed by atoms with Crippen molar-refractivity contribution in [3.05, 3.63) is 54.1 Å². The van der Waals surface area contributed by atoms with Gasteiger partial charge in [-0.25, -0.2) is 8.42 Å². The zero-order chi connectivity index (χ0) is 33.9. The van der Waals surface area contributed by atoms with Gasteiger partial charge in [0.25, 0.3) is 15.9 Å². The third-order valence-corrected chi connectivity index (χ3v) is 9.63. The van der Waals surface area contributed by atoms with Crippen molar-refractivity contribution in [2.75, 3.05) is 58.7 Å². The minimum Gasteiger partial charge on any atom is -0.490 e. The molecule has 2 amide bonds. The molecule has 0 saturated heterocycles. The first kappa shape index (κ1) is 37.3. The second kappa shape index (κ2) is 17.7. The van der Waals surface area contributed by atoms with Crippen molar-refractivity contribution in [3.8, 4) is 5.75 Å². The average Bonchev–Trinajstić information content (AvgIpc) is 3.02. The molecule has 2 aromatic carbocycles. The van der Waals surface area contributed by atoms with Crippen LogP contribution in [-0.2, 0) is 19.6 Å². The zero-order valence-electron chi connectivity index (χ0n) is 28.1. The minimum absolute atomic E-state index is 0.0408. The number of ether oxygens (including phenoxy) is 2. The van der Waals surface area contributed by atoms with Crippen molar-refractivity contribution >= 4 is 27.5 Å². The molecule has 3 rings (SSSR count). The maximum absolute atomic E-state index is 14.3. The Bertz CT molecular complexity index is 1370. The Morgan fingerprint density at radius 3 is 2.50 bits per heavy atom. The van der Waals surface area contributed by atoms with Gasteiger partial charge in [-0.15, -0.1) is 0 Å². The second-order valence-electron chi connectivity index (χ2n) is 12.6. The molecule has 0 aromatic heterocycles. The summed E-state index contributed by atoms with van der Waals surface area (Å²) in [5, 5.41) is 10.2. The molecule has 2 aromatic rings. The number of nitrogens with one attached hydrogen (secondary N) is 1. The summed E-state index contributed by atoms with van der Waals surface area (Å²) in [6.07, 6.45) is 3.01. The van der Waals surface area contributed by atoms with Crippen molar-refractivity contribution < 1.29 is 32.6 Å². The molecule has 12 heteroatoms. The Kier molecular flexibility index (Phi) is 14.3. The maximum Gasteiger partial charge on any atom is 0.261 e. The van der Waals surface area contributed by atoms with E-state index in [9.17, 15) is 23.1 Å². The van der Waals surface area contributed by atoms with Crippen LogP contribution in [0.15, 0.2) is 53.4 Å². The number of anilines is 1. The number of hydrogen-bond donors (Lipinski definition) is 2. The Morgan fingerprint density at radius 1 is 1.11 bits per heavy atom. The molecule has 0 spiro atoms. The van der Waals surface area contributed by atoms with Crippen LogP contribution in [-0.4, -0.2) is 112 Å². The molecule has 46 heavy (non-hydrogen) atoms. The number of hydrogen-bond acceptors (Lipinski definition) is 8. The highest BCUT2D eigenvalue weighted by Gasteiger charge is 2.31. The fraction of sp³-hybridized carbons (Fsp3) is 0.588. The van der Waals surface area contributed by atoms with E-state index in [1.54, 1.807) is 54.1 Å². The predicted molar refractivity (Wildman–Crippen MR) is 180 cm³/mol. The van der Waals surface area contributed by atoms with Crippen molar-refractivity contribution in [2.24, 2.45) is 5.92 Å². The molecule has 0 aliphatic carbocycles. The molecule has 256 valence electrons. The Morgan fingerprint density at radius 2 is 1.83 bits per heavy atom. The summed E-state index contributed by atoms with van der Waals surface area (Å²) in [7, 11) is 1.84. The van der Waals surface area contributed by atoms with E-state index in [1.807, 2.05) is 27.9 Å². The first-order valence-electron chi connectivity index (χ1n) is 16.1. The fourth-order valence-corrected chi connectivity index (χ4v) is 6.44. The molecule has 1 aliphatic rings. The number of rotatable bonds is 11. The smallest absolute Gasteiger partial charge is 0.261 e. The topological polar surface area (TPSA) is 129 Å². The first-order valence-corrected chi connectivity index (χ1v) is 17.6. The SMILES string of the molecule is C[C@@H]1CCCCO[C@H](CN(C)C(=O)CCCN(C)C)[C@H](C)CN([C@@H](C)CO)C(=O)c2cc(NS(=O)(=O)c3ccccc3)ccc2O1. The van der Waals surface area contributed by atoms with Crippen LogP contribution in [0.3, 0.4) is 0 Å². The van der Waals surface area contributed by atoms with E-state index >= 15 is 0 Å². The normalized spacial score (nSPS) is 20.7. The van der Waals surface area contributed by atoms with Crippen LogP contribution >= 0.6 is 0 Å². The predicted octanol–water partition coefficient (Wildman–Crippen LogP) is 4.08. The maximum atomic E-state index is 14.3. The third-order valence-electron chi connectivity index (χ3n) is 8.23. The van der Waals surface area contributed by atoms with Gasteiger partial charge in [-0.05, 0) is 90.5 Å². The average molecular weight is 661 g/mol. The van der Waals surface area contributed by atoms with Crippen LogP contribution < -0.4 is 9.46 Å². The van der Waals surface area contributed by atoms with Gasteiger partial charge in [-0.2, -0.15) is 0 Å². The Hall–Kier alpha value is -3.19. The van der Waals surface area contributed by atoms with Gasteiger partial charge in [0.15, 0.2) is 0 Å². The number of amides is 2.